The summed E-state index contributed by atoms with van der Waals surface area (Å²) in [5.41, 5.74) is 6.82. The van der Waals surface area contributed by atoms with Crippen molar-refractivity contribution in [1.29, 1.82) is 0 Å². The van der Waals surface area contributed by atoms with E-state index in [9.17, 15) is 4.79 Å². The molecule has 0 saturated carbocycles. The number of nitrogens with two attached hydrogens (primary N) is 1. The van der Waals surface area contributed by atoms with E-state index in [1.54, 1.807) is 17.3 Å². The van der Waals surface area contributed by atoms with Gasteiger partial charge in [0.05, 0.1) is 11.0 Å². The Balaban J connectivity index is 1.80. The Kier molecular flexibility index (Phi) is 4.45. The number of benzene rings is 1. The number of hydrogen-bond acceptors (Lipinski definition) is 5. The number of rotatable bonds is 5. The van der Waals surface area contributed by atoms with Gasteiger partial charge in [-0.05, 0) is 25.6 Å². The predicted molar refractivity (Wildman–Crippen MR) is 91.6 cm³/mol. The van der Waals surface area contributed by atoms with Gasteiger partial charge in [0, 0.05) is 24.2 Å². The molecule has 3 rings (SSSR count). The first kappa shape index (κ1) is 15.7. The molecule has 0 bridgehead atoms. The minimum absolute atomic E-state index is 0.113. The average Bonchev–Trinajstić information content (AvgIpc) is 3.19. The lowest BCUT2D eigenvalue weighted by molar-refractivity contribution is 0.0722. The van der Waals surface area contributed by atoms with Gasteiger partial charge in [-0.25, -0.2) is 4.98 Å². The van der Waals surface area contributed by atoms with Crippen molar-refractivity contribution in [3.63, 3.8) is 0 Å². The SMILES string of the molecule is CC(c1cc2ccccc2o1)N(C)C(=O)c1csc(CCN)n1. The van der Waals surface area contributed by atoms with Gasteiger partial charge in [-0.15, -0.1) is 11.3 Å². The Morgan fingerprint density at radius 1 is 1.43 bits per heavy atom. The van der Waals surface area contributed by atoms with Crippen molar-refractivity contribution in [3.8, 4) is 0 Å². The Morgan fingerprint density at radius 3 is 2.96 bits per heavy atom. The monoisotopic (exact) mass is 329 g/mol. The fourth-order valence-corrected chi connectivity index (χ4v) is 3.19. The van der Waals surface area contributed by atoms with Gasteiger partial charge in [-0.3, -0.25) is 4.79 Å². The van der Waals surface area contributed by atoms with E-state index in [1.165, 1.54) is 11.3 Å². The van der Waals surface area contributed by atoms with Gasteiger partial charge in [0.1, 0.15) is 17.0 Å². The van der Waals surface area contributed by atoms with Crippen molar-refractivity contribution in [1.82, 2.24) is 9.88 Å². The molecule has 0 aliphatic heterocycles. The Morgan fingerprint density at radius 2 is 2.22 bits per heavy atom. The molecule has 1 atom stereocenters. The van der Waals surface area contributed by atoms with E-state index in [1.807, 2.05) is 37.3 Å². The van der Waals surface area contributed by atoms with Crippen LogP contribution < -0.4 is 5.73 Å². The number of para-hydroxylation sites is 1. The molecular formula is C17H19N3O2S. The highest BCUT2D eigenvalue weighted by Gasteiger charge is 2.23. The first-order chi connectivity index (χ1) is 11.1. The van der Waals surface area contributed by atoms with Gasteiger partial charge in [0.25, 0.3) is 5.91 Å². The van der Waals surface area contributed by atoms with Gasteiger partial charge >= 0.3 is 0 Å². The third-order valence-electron chi connectivity index (χ3n) is 3.89. The maximum Gasteiger partial charge on any atom is 0.273 e. The molecule has 23 heavy (non-hydrogen) atoms. The van der Waals surface area contributed by atoms with Crippen molar-refractivity contribution in [2.45, 2.75) is 19.4 Å². The molecule has 0 aliphatic carbocycles. The molecule has 0 aliphatic rings. The van der Waals surface area contributed by atoms with Crippen LogP contribution in [0.25, 0.3) is 11.0 Å². The molecular weight excluding hydrogens is 310 g/mol. The van der Waals surface area contributed by atoms with E-state index in [-0.39, 0.29) is 11.9 Å². The maximum atomic E-state index is 12.6. The van der Waals surface area contributed by atoms with Crippen LogP contribution in [0, 0.1) is 0 Å². The number of furan rings is 1. The van der Waals surface area contributed by atoms with Crippen molar-refractivity contribution < 1.29 is 9.21 Å². The number of carbonyl (C=O) groups is 1. The molecule has 1 amide bonds. The highest BCUT2D eigenvalue weighted by molar-refractivity contribution is 7.09. The second-order valence-electron chi connectivity index (χ2n) is 5.44. The molecule has 2 aromatic heterocycles. The summed E-state index contributed by atoms with van der Waals surface area (Å²) in [6.45, 7) is 2.48. The number of aromatic nitrogens is 1. The van der Waals surface area contributed by atoms with Gasteiger partial charge in [0.2, 0.25) is 0 Å². The second kappa shape index (κ2) is 6.52. The average molecular weight is 329 g/mol. The van der Waals surface area contributed by atoms with Crippen LogP contribution in [0.1, 0.15) is 34.2 Å². The van der Waals surface area contributed by atoms with E-state index in [4.69, 9.17) is 10.2 Å². The smallest absolute Gasteiger partial charge is 0.273 e. The van der Waals surface area contributed by atoms with Gasteiger partial charge < -0.3 is 15.1 Å². The number of thiazole rings is 1. The van der Waals surface area contributed by atoms with E-state index >= 15 is 0 Å². The van der Waals surface area contributed by atoms with Crippen molar-refractivity contribution in [2.24, 2.45) is 5.73 Å². The lowest BCUT2D eigenvalue weighted by Gasteiger charge is -2.22. The first-order valence-corrected chi connectivity index (χ1v) is 8.38. The highest BCUT2D eigenvalue weighted by Crippen LogP contribution is 2.27. The molecule has 0 spiro atoms. The summed E-state index contributed by atoms with van der Waals surface area (Å²) in [7, 11) is 1.77. The molecule has 2 heterocycles. The molecule has 0 saturated heterocycles. The van der Waals surface area contributed by atoms with Crippen molar-refractivity contribution in [3.05, 3.63) is 52.2 Å². The van der Waals surface area contributed by atoms with E-state index in [0.29, 0.717) is 18.7 Å². The summed E-state index contributed by atoms with van der Waals surface area (Å²) < 4.78 is 5.85. The summed E-state index contributed by atoms with van der Waals surface area (Å²) in [6, 6.07) is 9.63. The Hall–Kier alpha value is -2.18. The molecule has 5 nitrogen and oxygen atoms in total. The number of amides is 1. The number of fused-ring (bicyclic) bond motifs is 1. The first-order valence-electron chi connectivity index (χ1n) is 7.50. The molecule has 2 N–H and O–H groups in total. The van der Waals surface area contributed by atoms with E-state index in [0.717, 1.165) is 21.7 Å². The summed E-state index contributed by atoms with van der Waals surface area (Å²) in [6.07, 6.45) is 0.695. The van der Waals surface area contributed by atoms with Crippen LogP contribution in [-0.2, 0) is 6.42 Å². The van der Waals surface area contributed by atoms with Crippen LogP contribution in [0.4, 0.5) is 0 Å². The molecule has 6 heteroatoms. The van der Waals surface area contributed by atoms with Crippen LogP contribution in [0.2, 0.25) is 0 Å². The standard InChI is InChI=1S/C17H19N3O2S/c1-11(15-9-12-5-3-4-6-14(12)22-15)20(2)17(21)13-10-23-16(19-13)7-8-18/h3-6,9-11H,7-8,18H2,1-2H3. The van der Waals surface area contributed by atoms with Crippen LogP contribution in [-0.4, -0.2) is 29.4 Å². The van der Waals surface area contributed by atoms with Crippen molar-refractivity contribution in [2.75, 3.05) is 13.6 Å². The number of carbonyl (C=O) groups excluding carboxylic acids is 1. The third kappa shape index (κ3) is 3.13. The van der Waals surface area contributed by atoms with Crippen molar-refractivity contribution >= 4 is 28.2 Å². The van der Waals surface area contributed by atoms with Crippen LogP contribution >= 0.6 is 11.3 Å². The largest absolute Gasteiger partial charge is 0.459 e. The Labute approximate surface area is 138 Å². The summed E-state index contributed by atoms with van der Waals surface area (Å²) >= 11 is 1.47. The van der Waals surface area contributed by atoms with Gasteiger partial charge in [-0.1, -0.05) is 18.2 Å². The van der Waals surface area contributed by atoms with Crippen LogP contribution in [0.15, 0.2) is 40.1 Å². The lowest BCUT2D eigenvalue weighted by atomic mass is 10.2. The normalized spacial score (nSPS) is 12.5. The lowest BCUT2D eigenvalue weighted by Crippen LogP contribution is -2.29. The Bertz CT molecular complexity index is 791. The molecule has 1 unspecified atom stereocenters. The summed E-state index contributed by atoms with van der Waals surface area (Å²) in [4.78, 5) is 18.6. The minimum atomic E-state index is -0.172. The van der Waals surface area contributed by atoms with E-state index in [2.05, 4.69) is 4.98 Å². The fraction of sp³-hybridized carbons (Fsp3) is 0.294. The predicted octanol–water partition coefficient (Wildman–Crippen LogP) is 3.22. The van der Waals surface area contributed by atoms with E-state index < -0.39 is 0 Å². The molecule has 0 radical (unpaired) electrons. The molecule has 3 aromatic rings. The van der Waals surface area contributed by atoms with Crippen LogP contribution in [0.3, 0.4) is 0 Å². The number of hydrogen-bond donors (Lipinski definition) is 1. The van der Waals surface area contributed by atoms with Gasteiger partial charge in [0.15, 0.2) is 0 Å². The minimum Gasteiger partial charge on any atom is -0.459 e. The maximum absolute atomic E-state index is 12.6. The molecule has 0 fully saturated rings. The number of nitrogens with zero attached hydrogens (tertiary/aromatic N) is 2. The topological polar surface area (TPSA) is 72.4 Å². The van der Waals surface area contributed by atoms with Crippen LogP contribution in [0.5, 0.6) is 0 Å². The summed E-state index contributed by atoms with van der Waals surface area (Å²) in [5, 5.41) is 3.71. The summed E-state index contributed by atoms with van der Waals surface area (Å²) in [5.74, 6) is 0.650. The second-order valence-corrected chi connectivity index (χ2v) is 6.39. The zero-order valence-corrected chi connectivity index (χ0v) is 14.0. The molecule has 1 aromatic carbocycles. The highest BCUT2D eigenvalue weighted by atomic mass is 32.1. The molecule has 120 valence electrons. The quantitative estimate of drug-likeness (QED) is 0.780. The third-order valence-corrected chi connectivity index (χ3v) is 4.80. The zero-order chi connectivity index (χ0) is 16.4. The van der Waals surface area contributed by atoms with Gasteiger partial charge in [-0.2, -0.15) is 0 Å². The zero-order valence-electron chi connectivity index (χ0n) is 13.2. The fourth-order valence-electron chi connectivity index (χ4n) is 2.40.